The number of fused-ring (bicyclic) bond motifs is 2. The normalized spacial score (nSPS) is 13.8. The van der Waals surface area contributed by atoms with Gasteiger partial charge in [-0.3, -0.25) is 0 Å². The summed E-state index contributed by atoms with van der Waals surface area (Å²) in [6, 6.07) is 24.4. The van der Waals surface area contributed by atoms with Gasteiger partial charge in [-0.05, 0) is 38.1 Å². The summed E-state index contributed by atoms with van der Waals surface area (Å²) in [5.74, 6) is -0.905. The van der Waals surface area contributed by atoms with Gasteiger partial charge in [0.2, 0.25) is 17.3 Å². The zero-order valence-corrected chi connectivity index (χ0v) is 18.1. The number of aliphatic carboxylic acids is 1. The standard InChI is InChI=1S/C24H19N3O.C2H4O2/c1-16-21(25-22-18-12-6-7-13-19(18)26(2)24(22)28)20-14-8-9-15-27(20)23(16)17-10-4-3-5-11-17;1-2(3)4/h3-15H,1-2H3;1H3,(H,3,4). The Morgan fingerprint density at radius 1 is 1.00 bits per heavy atom. The lowest BCUT2D eigenvalue weighted by Gasteiger charge is -1.99. The van der Waals surface area contributed by atoms with E-state index < -0.39 is 5.97 Å². The molecule has 0 spiro atoms. The molecule has 0 radical (unpaired) electrons. The molecule has 160 valence electrons. The number of aryl methyl sites for hydroxylation is 1. The van der Waals surface area contributed by atoms with Crippen molar-refractivity contribution in [2.24, 2.45) is 12.0 Å². The van der Waals surface area contributed by atoms with Gasteiger partial charge < -0.3 is 19.6 Å². The van der Waals surface area contributed by atoms with Gasteiger partial charge >= 0.3 is 0 Å². The zero-order chi connectivity index (χ0) is 22.8. The van der Waals surface area contributed by atoms with Crippen molar-refractivity contribution >= 4 is 34.0 Å². The fourth-order valence-corrected chi connectivity index (χ4v) is 3.99. The summed E-state index contributed by atoms with van der Waals surface area (Å²) >= 11 is 0. The summed E-state index contributed by atoms with van der Waals surface area (Å²) < 4.78 is 3.95. The molecule has 0 saturated carbocycles. The summed E-state index contributed by atoms with van der Waals surface area (Å²) in [5, 5.41) is 20.6. The van der Waals surface area contributed by atoms with Crippen molar-refractivity contribution in [1.29, 1.82) is 0 Å². The monoisotopic (exact) mass is 425 g/mol. The van der Waals surface area contributed by atoms with Crippen LogP contribution >= 0.6 is 0 Å². The van der Waals surface area contributed by atoms with Crippen LogP contribution in [0.3, 0.4) is 0 Å². The smallest absolute Gasteiger partial charge is 0.237 e. The zero-order valence-electron chi connectivity index (χ0n) is 18.1. The van der Waals surface area contributed by atoms with Gasteiger partial charge in [-0.25, -0.2) is 4.99 Å². The van der Waals surface area contributed by atoms with Crippen molar-refractivity contribution in [3.05, 3.63) is 95.8 Å². The molecule has 2 aromatic heterocycles. The number of pyridine rings is 1. The van der Waals surface area contributed by atoms with E-state index in [-0.39, 0.29) is 5.88 Å². The number of aliphatic imine (C=N–C) groups is 1. The van der Waals surface area contributed by atoms with Gasteiger partial charge in [0.1, 0.15) is 11.4 Å². The van der Waals surface area contributed by atoms with Crippen LogP contribution < -0.4 is 9.67 Å². The lowest BCUT2D eigenvalue weighted by atomic mass is 10.1. The molecule has 0 fully saturated rings. The van der Waals surface area contributed by atoms with E-state index in [1.54, 1.807) is 4.57 Å². The number of carbonyl (C=O) groups is 1. The van der Waals surface area contributed by atoms with Gasteiger partial charge in [-0.1, -0.05) is 36.4 Å². The molecule has 6 heteroatoms. The molecule has 0 saturated heterocycles. The second kappa shape index (κ2) is 8.51. The quantitative estimate of drug-likeness (QED) is 0.500. The van der Waals surface area contributed by atoms with Crippen LogP contribution in [0.25, 0.3) is 16.6 Å². The molecule has 6 nitrogen and oxygen atoms in total. The molecule has 32 heavy (non-hydrogen) atoms. The minimum atomic E-state index is -1.08. The predicted octanol–water partition coefficient (Wildman–Crippen LogP) is 3.34. The Morgan fingerprint density at radius 2 is 1.62 bits per heavy atom. The minimum absolute atomic E-state index is 0.178. The summed E-state index contributed by atoms with van der Waals surface area (Å²) in [4.78, 5) is 13.9. The highest BCUT2D eigenvalue weighted by Crippen LogP contribution is 2.39. The lowest BCUT2D eigenvalue weighted by molar-refractivity contribution is -0.577. The first-order valence-electron chi connectivity index (χ1n) is 10.2. The van der Waals surface area contributed by atoms with E-state index >= 15 is 0 Å². The first-order chi connectivity index (χ1) is 15.4. The van der Waals surface area contributed by atoms with Crippen LogP contribution in [0, 0.1) is 0 Å². The van der Waals surface area contributed by atoms with Crippen LogP contribution in [0.15, 0.2) is 89.6 Å². The van der Waals surface area contributed by atoms with E-state index in [1.165, 1.54) is 0 Å². The molecule has 5 rings (SSSR count). The Kier molecular flexibility index (Phi) is 5.60. The number of aromatic nitrogens is 2. The van der Waals surface area contributed by atoms with E-state index in [9.17, 15) is 5.11 Å². The Balaban J connectivity index is 0.000000567. The maximum absolute atomic E-state index is 10.7. The van der Waals surface area contributed by atoms with Crippen molar-refractivity contribution in [2.75, 3.05) is 0 Å². The highest BCUT2D eigenvalue weighted by atomic mass is 16.4. The Bertz CT molecular complexity index is 1380. The molecular weight excluding hydrogens is 402 g/mol. The third-order valence-electron chi connectivity index (χ3n) is 5.37. The molecule has 1 aliphatic rings. The lowest BCUT2D eigenvalue weighted by Crippen LogP contribution is -2.34. The SMILES string of the molecule is CC(=O)[O-].CC1=C(c2ccccc2)[n+]2ccccc2/C1=N/c1c(O)n(C)c2ccccc12. The summed E-state index contributed by atoms with van der Waals surface area (Å²) in [7, 11) is 1.86. The van der Waals surface area contributed by atoms with Gasteiger partial charge in [-0.15, -0.1) is 0 Å². The number of carboxylic acid groups (broad SMARTS) is 1. The van der Waals surface area contributed by atoms with Crippen LogP contribution in [0.1, 0.15) is 25.1 Å². The van der Waals surface area contributed by atoms with E-state index in [1.807, 2.05) is 61.6 Å². The maximum Gasteiger partial charge on any atom is 0.237 e. The van der Waals surface area contributed by atoms with Crippen LogP contribution in [-0.4, -0.2) is 21.4 Å². The molecule has 3 heterocycles. The predicted molar refractivity (Wildman–Crippen MR) is 123 cm³/mol. The molecule has 4 aromatic rings. The molecule has 0 atom stereocenters. The molecule has 0 bridgehead atoms. The summed E-state index contributed by atoms with van der Waals surface area (Å²) in [6.45, 7) is 3.07. The van der Waals surface area contributed by atoms with Gasteiger partial charge in [-0.2, -0.15) is 4.57 Å². The Morgan fingerprint density at radius 3 is 2.34 bits per heavy atom. The van der Waals surface area contributed by atoms with Crippen molar-refractivity contribution in [2.45, 2.75) is 13.8 Å². The Hall–Kier alpha value is -4.19. The largest absolute Gasteiger partial charge is 0.550 e. The fourth-order valence-electron chi connectivity index (χ4n) is 3.99. The molecule has 1 aliphatic heterocycles. The number of benzene rings is 2. The van der Waals surface area contributed by atoms with Crippen molar-refractivity contribution in [3.8, 4) is 5.88 Å². The van der Waals surface area contributed by atoms with Crippen molar-refractivity contribution in [3.63, 3.8) is 0 Å². The molecule has 1 N–H and O–H groups in total. The second-order valence-corrected chi connectivity index (χ2v) is 7.50. The number of carboxylic acids is 1. The van der Waals surface area contributed by atoms with Crippen LogP contribution in [0.4, 0.5) is 5.69 Å². The number of allylic oxidation sites excluding steroid dienone is 1. The number of para-hydroxylation sites is 1. The van der Waals surface area contributed by atoms with E-state index in [4.69, 9.17) is 14.9 Å². The average molecular weight is 425 g/mol. The van der Waals surface area contributed by atoms with E-state index in [0.29, 0.717) is 5.69 Å². The van der Waals surface area contributed by atoms with Gasteiger partial charge in [0, 0.05) is 36.1 Å². The van der Waals surface area contributed by atoms with Gasteiger partial charge in [0.05, 0.1) is 11.1 Å². The minimum Gasteiger partial charge on any atom is -0.550 e. The molecular formula is C26H23N3O3. The molecule has 0 aliphatic carbocycles. The van der Waals surface area contributed by atoms with E-state index in [0.717, 1.165) is 46.1 Å². The number of rotatable bonds is 2. The Labute approximate surface area is 186 Å². The summed E-state index contributed by atoms with van der Waals surface area (Å²) in [6.07, 6.45) is 2.06. The maximum atomic E-state index is 10.7. The van der Waals surface area contributed by atoms with Crippen LogP contribution in [0.5, 0.6) is 5.88 Å². The molecule has 2 aromatic carbocycles. The highest BCUT2D eigenvalue weighted by molar-refractivity contribution is 6.18. The number of nitrogens with zero attached hydrogens (tertiary/aromatic N) is 3. The summed E-state index contributed by atoms with van der Waals surface area (Å²) in [5.41, 5.74) is 6.82. The molecule has 0 amide bonds. The number of hydrogen-bond donors (Lipinski definition) is 1. The first kappa shape index (κ1) is 21.1. The second-order valence-electron chi connectivity index (χ2n) is 7.50. The van der Waals surface area contributed by atoms with Gasteiger partial charge in [0.15, 0.2) is 6.20 Å². The third-order valence-corrected chi connectivity index (χ3v) is 5.37. The topological polar surface area (TPSA) is 81.5 Å². The number of carbonyl (C=O) groups excluding carboxylic acids is 1. The number of aromatic hydroxyl groups is 1. The van der Waals surface area contributed by atoms with Crippen LogP contribution in [-0.2, 0) is 11.8 Å². The number of hydrogen-bond acceptors (Lipinski definition) is 4. The van der Waals surface area contributed by atoms with Crippen molar-refractivity contribution in [1.82, 2.24) is 4.57 Å². The highest BCUT2D eigenvalue weighted by Gasteiger charge is 2.35. The average Bonchev–Trinajstić information content (AvgIpc) is 3.20. The van der Waals surface area contributed by atoms with Gasteiger partial charge in [0.25, 0.3) is 0 Å². The van der Waals surface area contributed by atoms with Crippen molar-refractivity contribution < 1.29 is 19.6 Å². The first-order valence-corrected chi connectivity index (χ1v) is 10.2. The third kappa shape index (κ3) is 3.67. The van der Waals surface area contributed by atoms with E-state index in [2.05, 4.69) is 35.9 Å². The van der Waals surface area contributed by atoms with Crippen LogP contribution in [0.2, 0.25) is 0 Å². The molecule has 0 unspecified atom stereocenters. The fraction of sp³-hybridized carbons (Fsp3) is 0.115.